The molecule has 1 saturated heterocycles. The number of nitrogens with zero attached hydrogens (tertiary/aromatic N) is 4. The number of hydrogen-bond acceptors (Lipinski definition) is 6. The molecule has 7 nitrogen and oxygen atoms in total. The summed E-state index contributed by atoms with van der Waals surface area (Å²) in [6.07, 6.45) is 4.73. The normalized spacial score (nSPS) is 23.5. The number of aryl methyl sites for hydroxylation is 2. The van der Waals surface area contributed by atoms with Crippen LogP contribution >= 0.6 is 0 Å². The van der Waals surface area contributed by atoms with Crippen molar-refractivity contribution in [3.63, 3.8) is 0 Å². The molecule has 2 aliphatic rings. The highest BCUT2D eigenvalue weighted by Gasteiger charge is 2.38. The number of aromatic nitrogens is 2. The van der Waals surface area contributed by atoms with Gasteiger partial charge in [0, 0.05) is 39.5 Å². The molecule has 0 bridgehead atoms. The number of likely N-dealkylation sites (N-methyl/N-ethyl adjacent to an activating group) is 1. The van der Waals surface area contributed by atoms with E-state index in [1.165, 1.54) is 0 Å². The molecule has 2 aromatic rings. The molecule has 0 spiro atoms. The summed E-state index contributed by atoms with van der Waals surface area (Å²) in [4.78, 5) is 25.7. The highest BCUT2D eigenvalue weighted by atomic mass is 16.5. The second-order valence-electron chi connectivity index (χ2n) is 8.12. The number of likely N-dealkylation sites (tertiary alicyclic amines) is 1. The van der Waals surface area contributed by atoms with Crippen molar-refractivity contribution in [2.75, 3.05) is 33.4 Å². The van der Waals surface area contributed by atoms with Crippen LogP contribution in [0.5, 0.6) is 5.75 Å². The van der Waals surface area contributed by atoms with E-state index in [1.54, 1.807) is 11.1 Å². The SMILES string of the molecule is Cc1nccc(CN2C[C@@H]3[C@@H](C2)OCCCCc2ccccc2OCC(=O)N3C)n1. The summed E-state index contributed by atoms with van der Waals surface area (Å²) >= 11 is 0. The van der Waals surface area contributed by atoms with E-state index in [1.807, 2.05) is 38.2 Å². The van der Waals surface area contributed by atoms with Gasteiger partial charge in [0.1, 0.15) is 11.6 Å². The Kier molecular flexibility index (Phi) is 6.59. The minimum Gasteiger partial charge on any atom is -0.483 e. The zero-order chi connectivity index (χ0) is 20.9. The van der Waals surface area contributed by atoms with Crippen molar-refractivity contribution < 1.29 is 14.3 Å². The molecule has 30 heavy (non-hydrogen) atoms. The molecule has 2 atom stereocenters. The van der Waals surface area contributed by atoms with Crippen LogP contribution in [0.4, 0.5) is 0 Å². The summed E-state index contributed by atoms with van der Waals surface area (Å²) in [5.74, 6) is 1.56. The fourth-order valence-electron chi connectivity index (χ4n) is 4.25. The number of fused-ring (bicyclic) bond motifs is 2. The fraction of sp³-hybridized carbons (Fsp3) is 0.522. The van der Waals surface area contributed by atoms with Crippen LogP contribution in [0.15, 0.2) is 36.5 Å². The number of carbonyl (C=O) groups is 1. The standard InChI is InChI=1S/C23H30N4O3/c1-17-24-11-10-19(25-17)13-27-14-20-22(15-27)29-12-6-5-8-18-7-3-4-9-21(18)30-16-23(28)26(20)2/h3-4,7,9-11,20,22H,5-6,8,12-16H2,1-2H3/t20-,22-/m1/s1. The van der Waals surface area contributed by atoms with Crippen LogP contribution in [0.25, 0.3) is 0 Å². The maximum Gasteiger partial charge on any atom is 0.260 e. The largest absolute Gasteiger partial charge is 0.483 e. The first-order valence-corrected chi connectivity index (χ1v) is 10.7. The predicted octanol–water partition coefficient (Wildman–Crippen LogP) is 2.23. The van der Waals surface area contributed by atoms with Gasteiger partial charge >= 0.3 is 0 Å². The lowest BCUT2D eigenvalue weighted by Gasteiger charge is -2.29. The van der Waals surface area contributed by atoms with E-state index in [0.29, 0.717) is 6.61 Å². The second-order valence-corrected chi connectivity index (χ2v) is 8.12. The summed E-state index contributed by atoms with van der Waals surface area (Å²) in [5, 5.41) is 0. The van der Waals surface area contributed by atoms with Gasteiger partial charge in [-0.25, -0.2) is 9.97 Å². The van der Waals surface area contributed by atoms with Crippen LogP contribution in [0.3, 0.4) is 0 Å². The Labute approximate surface area is 178 Å². The van der Waals surface area contributed by atoms with Crippen molar-refractivity contribution in [2.45, 2.75) is 44.9 Å². The van der Waals surface area contributed by atoms with Gasteiger partial charge in [0.2, 0.25) is 0 Å². The highest BCUT2D eigenvalue weighted by Crippen LogP contribution is 2.24. The van der Waals surface area contributed by atoms with Gasteiger partial charge in [-0.1, -0.05) is 18.2 Å². The maximum absolute atomic E-state index is 12.9. The molecule has 0 aliphatic carbocycles. The van der Waals surface area contributed by atoms with Gasteiger partial charge in [0.05, 0.1) is 17.8 Å². The topological polar surface area (TPSA) is 67.8 Å². The summed E-state index contributed by atoms with van der Waals surface area (Å²) < 4.78 is 12.2. The predicted molar refractivity (Wildman–Crippen MR) is 113 cm³/mol. The van der Waals surface area contributed by atoms with E-state index >= 15 is 0 Å². The average Bonchev–Trinajstić information content (AvgIpc) is 3.14. The molecule has 1 aromatic heterocycles. The molecule has 4 rings (SSSR count). The van der Waals surface area contributed by atoms with E-state index in [2.05, 4.69) is 20.9 Å². The molecule has 2 aliphatic heterocycles. The first kappa shape index (κ1) is 20.8. The van der Waals surface area contributed by atoms with Gasteiger partial charge < -0.3 is 14.4 Å². The van der Waals surface area contributed by atoms with E-state index < -0.39 is 0 Å². The van der Waals surface area contributed by atoms with Crippen LogP contribution < -0.4 is 4.74 Å². The summed E-state index contributed by atoms with van der Waals surface area (Å²) in [5.41, 5.74) is 2.14. The van der Waals surface area contributed by atoms with Crippen molar-refractivity contribution in [1.82, 2.24) is 19.8 Å². The van der Waals surface area contributed by atoms with Gasteiger partial charge in [0.15, 0.2) is 6.61 Å². The van der Waals surface area contributed by atoms with E-state index in [0.717, 1.165) is 61.7 Å². The Bertz CT molecular complexity index is 875. The zero-order valence-electron chi connectivity index (χ0n) is 17.8. The lowest BCUT2D eigenvalue weighted by atomic mass is 10.1. The molecule has 0 saturated carbocycles. The molecule has 1 amide bonds. The Morgan fingerprint density at radius 3 is 2.90 bits per heavy atom. The third kappa shape index (κ3) is 4.96. The average molecular weight is 411 g/mol. The number of benzene rings is 1. The molecular formula is C23H30N4O3. The first-order valence-electron chi connectivity index (χ1n) is 10.7. The van der Waals surface area contributed by atoms with Gasteiger partial charge in [-0.2, -0.15) is 0 Å². The molecule has 1 aromatic carbocycles. The minimum atomic E-state index is -0.0256. The first-order chi connectivity index (χ1) is 14.6. The van der Waals surface area contributed by atoms with Gasteiger partial charge in [0.25, 0.3) is 5.91 Å². The minimum absolute atomic E-state index is 0.0000287. The Morgan fingerprint density at radius 2 is 2.03 bits per heavy atom. The number of rotatable bonds is 2. The smallest absolute Gasteiger partial charge is 0.260 e. The Hall–Kier alpha value is -2.51. The maximum atomic E-state index is 12.9. The van der Waals surface area contributed by atoms with Crippen molar-refractivity contribution in [1.29, 1.82) is 0 Å². The lowest BCUT2D eigenvalue weighted by molar-refractivity contribution is -0.136. The Morgan fingerprint density at radius 1 is 1.17 bits per heavy atom. The molecule has 0 N–H and O–H groups in total. The molecule has 160 valence electrons. The van der Waals surface area contributed by atoms with Gasteiger partial charge in [-0.3, -0.25) is 9.69 Å². The molecular weight excluding hydrogens is 380 g/mol. The number of ether oxygens (including phenoxy) is 2. The van der Waals surface area contributed by atoms with E-state index in [9.17, 15) is 4.79 Å². The molecule has 7 heteroatoms. The summed E-state index contributed by atoms with van der Waals surface area (Å²) in [7, 11) is 1.86. The molecule has 3 heterocycles. The van der Waals surface area contributed by atoms with Crippen LogP contribution in [0.1, 0.15) is 29.9 Å². The monoisotopic (exact) mass is 410 g/mol. The van der Waals surface area contributed by atoms with Crippen LogP contribution in [-0.2, 0) is 22.5 Å². The number of para-hydroxylation sites is 1. The van der Waals surface area contributed by atoms with Crippen molar-refractivity contribution in [3.05, 3.63) is 53.6 Å². The lowest BCUT2D eigenvalue weighted by Crippen LogP contribution is -2.47. The summed E-state index contributed by atoms with van der Waals surface area (Å²) in [6.45, 7) is 4.91. The summed E-state index contributed by atoms with van der Waals surface area (Å²) in [6, 6.07) is 9.94. The van der Waals surface area contributed by atoms with E-state index in [-0.39, 0.29) is 24.7 Å². The van der Waals surface area contributed by atoms with Crippen molar-refractivity contribution in [3.8, 4) is 5.75 Å². The Balaban J connectivity index is 1.46. The molecule has 0 unspecified atom stereocenters. The molecule has 0 radical (unpaired) electrons. The quantitative estimate of drug-likeness (QED) is 0.756. The third-order valence-corrected chi connectivity index (χ3v) is 5.92. The number of amides is 1. The fourth-order valence-corrected chi connectivity index (χ4v) is 4.25. The van der Waals surface area contributed by atoms with Crippen molar-refractivity contribution >= 4 is 5.91 Å². The van der Waals surface area contributed by atoms with E-state index in [4.69, 9.17) is 9.47 Å². The molecule has 1 fully saturated rings. The van der Waals surface area contributed by atoms with Crippen LogP contribution in [0.2, 0.25) is 0 Å². The van der Waals surface area contributed by atoms with Gasteiger partial charge in [-0.05, 0) is 43.9 Å². The van der Waals surface area contributed by atoms with Crippen molar-refractivity contribution in [2.24, 2.45) is 0 Å². The second kappa shape index (κ2) is 9.53. The van der Waals surface area contributed by atoms with Crippen LogP contribution in [-0.4, -0.2) is 71.2 Å². The number of carbonyl (C=O) groups excluding carboxylic acids is 1. The van der Waals surface area contributed by atoms with Crippen LogP contribution in [0, 0.1) is 6.92 Å². The third-order valence-electron chi connectivity index (χ3n) is 5.92. The van der Waals surface area contributed by atoms with Gasteiger partial charge in [-0.15, -0.1) is 0 Å². The number of hydrogen-bond donors (Lipinski definition) is 0. The highest BCUT2D eigenvalue weighted by molar-refractivity contribution is 5.78. The zero-order valence-corrected chi connectivity index (χ0v) is 17.8.